The molecular formula is C13H14Br2N2O. The lowest BCUT2D eigenvalue weighted by atomic mass is 10.1. The van der Waals surface area contributed by atoms with Crippen molar-refractivity contribution in [1.29, 1.82) is 5.26 Å². The molecule has 0 radical (unpaired) electrons. The van der Waals surface area contributed by atoms with Gasteiger partial charge in [0.25, 0.3) is 0 Å². The number of rotatable bonds is 3. The molecule has 5 heteroatoms. The average molecular weight is 374 g/mol. The lowest BCUT2D eigenvalue weighted by Crippen LogP contribution is -2.23. The molecule has 1 N–H and O–H groups in total. The molecule has 0 bridgehead atoms. The topological polar surface area (TPSA) is 45.0 Å². The molecule has 1 aromatic rings. The van der Waals surface area contributed by atoms with Crippen LogP contribution in [0.15, 0.2) is 21.1 Å². The average Bonchev–Trinajstić information content (AvgIpc) is 2.79. The minimum Gasteiger partial charge on any atom is -0.495 e. The maximum atomic E-state index is 9.09. The molecule has 2 rings (SSSR count). The zero-order valence-corrected chi connectivity index (χ0v) is 13.2. The van der Waals surface area contributed by atoms with E-state index in [0.29, 0.717) is 0 Å². The zero-order chi connectivity index (χ0) is 13.1. The Morgan fingerprint density at radius 1 is 1.33 bits per heavy atom. The molecule has 1 fully saturated rings. The number of nitrogens with one attached hydrogen (secondary N) is 1. The van der Waals surface area contributed by atoms with Crippen LogP contribution in [0, 0.1) is 17.2 Å². The van der Waals surface area contributed by atoms with E-state index in [0.717, 1.165) is 39.6 Å². The molecule has 1 aliphatic rings. The highest BCUT2D eigenvalue weighted by Gasteiger charge is 2.27. The summed E-state index contributed by atoms with van der Waals surface area (Å²) in [6, 6.07) is 6.51. The largest absolute Gasteiger partial charge is 0.495 e. The van der Waals surface area contributed by atoms with E-state index in [1.807, 2.05) is 12.1 Å². The number of nitriles is 1. The molecule has 96 valence electrons. The standard InChI is InChI=1S/C13H14Br2N2O/c1-18-13-6-12(9(14)5-10(13)15)17-11-4-2-3-8(11)7-16/h5-6,8,11,17H,2-4H2,1H3. The van der Waals surface area contributed by atoms with Crippen LogP contribution in [0.2, 0.25) is 0 Å². The number of methoxy groups -OCH3 is 1. The van der Waals surface area contributed by atoms with Gasteiger partial charge in [0, 0.05) is 16.6 Å². The summed E-state index contributed by atoms with van der Waals surface area (Å²) in [4.78, 5) is 0. The molecule has 1 saturated carbocycles. The van der Waals surface area contributed by atoms with Crippen molar-refractivity contribution in [2.75, 3.05) is 12.4 Å². The first-order valence-electron chi connectivity index (χ1n) is 5.85. The van der Waals surface area contributed by atoms with Crippen molar-refractivity contribution in [3.63, 3.8) is 0 Å². The summed E-state index contributed by atoms with van der Waals surface area (Å²) < 4.78 is 7.16. The predicted molar refractivity (Wildman–Crippen MR) is 78.8 cm³/mol. The summed E-state index contributed by atoms with van der Waals surface area (Å²) in [7, 11) is 1.64. The normalized spacial score (nSPS) is 22.6. The summed E-state index contributed by atoms with van der Waals surface area (Å²) in [5.74, 6) is 0.888. The number of hydrogen-bond acceptors (Lipinski definition) is 3. The van der Waals surface area contributed by atoms with Crippen LogP contribution in [-0.4, -0.2) is 13.2 Å². The number of anilines is 1. The van der Waals surface area contributed by atoms with E-state index in [9.17, 15) is 0 Å². The molecule has 0 aromatic heterocycles. The monoisotopic (exact) mass is 372 g/mol. The van der Waals surface area contributed by atoms with Crippen molar-refractivity contribution in [3.8, 4) is 11.8 Å². The van der Waals surface area contributed by atoms with Crippen LogP contribution < -0.4 is 10.1 Å². The molecule has 18 heavy (non-hydrogen) atoms. The van der Waals surface area contributed by atoms with Crippen LogP contribution in [0.3, 0.4) is 0 Å². The van der Waals surface area contributed by atoms with E-state index in [1.54, 1.807) is 7.11 Å². The summed E-state index contributed by atoms with van der Waals surface area (Å²) in [5.41, 5.74) is 0.974. The number of halogens is 2. The minimum absolute atomic E-state index is 0.103. The van der Waals surface area contributed by atoms with Gasteiger partial charge in [-0.1, -0.05) is 0 Å². The van der Waals surface area contributed by atoms with Gasteiger partial charge in [-0.3, -0.25) is 0 Å². The number of benzene rings is 1. The SMILES string of the molecule is COc1cc(NC2CCCC2C#N)c(Br)cc1Br. The van der Waals surface area contributed by atoms with Crippen molar-refractivity contribution < 1.29 is 4.74 Å². The van der Waals surface area contributed by atoms with Crippen molar-refractivity contribution in [2.45, 2.75) is 25.3 Å². The zero-order valence-electron chi connectivity index (χ0n) is 10.0. The van der Waals surface area contributed by atoms with Crippen LogP contribution in [0.4, 0.5) is 5.69 Å². The molecule has 0 saturated heterocycles. The maximum Gasteiger partial charge on any atom is 0.135 e. The van der Waals surface area contributed by atoms with E-state index in [1.165, 1.54) is 0 Å². The second-order valence-electron chi connectivity index (χ2n) is 4.38. The summed E-state index contributed by atoms with van der Waals surface area (Å²) >= 11 is 6.97. The Hall–Kier alpha value is -0.730. The molecule has 1 aliphatic carbocycles. The van der Waals surface area contributed by atoms with Crippen LogP contribution in [0.5, 0.6) is 5.75 Å². The molecule has 0 aliphatic heterocycles. The summed E-state index contributed by atoms with van der Waals surface area (Å²) in [6.45, 7) is 0. The molecule has 2 unspecified atom stereocenters. The third kappa shape index (κ3) is 2.81. The van der Waals surface area contributed by atoms with Crippen molar-refractivity contribution in [3.05, 3.63) is 21.1 Å². The molecular weight excluding hydrogens is 360 g/mol. The second-order valence-corrected chi connectivity index (χ2v) is 6.09. The van der Waals surface area contributed by atoms with E-state index < -0.39 is 0 Å². The van der Waals surface area contributed by atoms with E-state index in [-0.39, 0.29) is 12.0 Å². The number of nitrogens with zero attached hydrogens (tertiary/aromatic N) is 1. The van der Waals surface area contributed by atoms with Crippen molar-refractivity contribution in [1.82, 2.24) is 0 Å². The quantitative estimate of drug-likeness (QED) is 0.857. The van der Waals surface area contributed by atoms with Gasteiger partial charge < -0.3 is 10.1 Å². The smallest absolute Gasteiger partial charge is 0.135 e. The Balaban J connectivity index is 2.21. The maximum absolute atomic E-state index is 9.09. The van der Waals surface area contributed by atoms with Crippen LogP contribution in [0.25, 0.3) is 0 Å². The predicted octanol–water partition coefficient (Wildman–Crippen LogP) is 4.32. The van der Waals surface area contributed by atoms with Gasteiger partial charge in [0.05, 0.1) is 29.3 Å². The number of hydrogen-bond donors (Lipinski definition) is 1. The van der Waals surface area contributed by atoms with Crippen LogP contribution in [0.1, 0.15) is 19.3 Å². The molecule has 0 amide bonds. The second kappa shape index (κ2) is 5.94. The van der Waals surface area contributed by atoms with Gasteiger partial charge in [-0.25, -0.2) is 0 Å². The first kappa shape index (κ1) is 13.7. The van der Waals surface area contributed by atoms with E-state index in [4.69, 9.17) is 10.00 Å². The van der Waals surface area contributed by atoms with Gasteiger partial charge >= 0.3 is 0 Å². The molecule has 3 nitrogen and oxygen atoms in total. The Labute approximate surface area is 124 Å². The van der Waals surface area contributed by atoms with Crippen LogP contribution >= 0.6 is 31.9 Å². The fraction of sp³-hybridized carbons (Fsp3) is 0.462. The van der Waals surface area contributed by atoms with E-state index >= 15 is 0 Å². The number of ether oxygens (including phenoxy) is 1. The molecule has 1 aromatic carbocycles. The Morgan fingerprint density at radius 2 is 2.11 bits per heavy atom. The van der Waals surface area contributed by atoms with Gasteiger partial charge in [0.2, 0.25) is 0 Å². The van der Waals surface area contributed by atoms with E-state index in [2.05, 4.69) is 43.2 Å². The fourth-order valence-corrected chi connectivity index (χ4v) is 3.55. The van der Waals surface area contributed by atoms with Gasteiger partial charge in [-0.15, -0.1) is 0 Å². The lowest BCUT2D eigenvalue weighted by molar-refractivity contribution is 0.412. The Morgan fingerprint density at radius 3 is 2.78 bits per heavy atom. The summed E-state index contributed by atoms with van der Waals surface area (Å²) in [5, 5.41) is 12.5. The lowest BCUT2D eigenvalue weighted by Gasteiger charge is -2.19. The molecule has 0 heterocycles. The van der Waals surface area contributed by atoms with Gasteiger partial charge in [0.15, 0.2) is 0 Å². The highest BCUT2D eigenvalue weighted by molar-refractivity contribution is 9.11. The van der Waals surface area contributed by atoms with Crippen molar-refractivity contribution in [2.24, 2.45) is 5.92 Å². The van der Waals surface area contributed by atoms with Gasteiger partial charge in [0.1, 0.15) is 5.75 Å². The van der Waals surface area contributed by atoms with Gasteiger partial charge in [-0.2, -0.15) is 5.26 Å². The Bertz CT molecular complexity index is 485. The third-order valence-electron chi connectivity index (χ3n) is 3.26. The highest BCUT2D eigenvalue weighted by Crippen LogP contribution is 2.37. The first-order valence-corrected chi connectivity index (χ1v) is 7.43. The van der Waals surface area contributed by atoms with Gasteiger partial charge in [-0.05, 0) is 57.2 Å². The third-order valence-corrected chi connectivity index (χ3v) is 4.54. The summed E-state index contributed by atoms with van der Waals surface area (Å²) in [6.07, 6.45) is 3.14. The molecule has 2 atom stereocenters. The fourth-order valence-electron chi connectivity index (χ4n) is 2.28. The highest BCUT2D eigenvalue weighted by atomic mass is 79.9. The Kier molecular flexibility index (Phi) is 4.52. The minimum atomic E-state index is 0.103. The van der Waals surface area contributed by atoms with Crippen molar-refractivity contribution >= 4 is 37.5 Å². The van der Waals surface area contributed by atoms with Crippen LogP contribution in [-0.2, 0) is 0 Å². The first-order chi connectivity index (χ1) is 8.65. The molecule has 0 spiro atoms.